The van der Waals surface area contributed by atoms with Crippen LogP contribution in [0.1, 0.15) is 12.2 Å². The van der Waals surface area contributed by atoms with Gasteiger partial charge in [-0.15, -0.1) is 0 Å². The maximum absolute atomic E-state index is 11.5. The smallest absolute Gasteiger partial charge is 0.326 e. The second-order valence-electron chi connectivity index (χ2n) is 3.43. The summed E-state index contributed by atoms with van der Waals surface area (Å²) >= 11 is 1.53. The van der Waals surface area contributed by atoms with Crippen molar-refractivity contribution >= 4 is 23.8 Å². The van der Waals surface area contributed by atoms with Gasteiger partial charge in [0.05, 0.1) is 6.54 Å². The average molecular weight is 273 g/mol. The highest BCUT2D eigenvalue weighted by molar-refractivity contribution is 7.98. The van der Waals surface area contributed by atoms with Crippen LogP contribution in [-0.4, -0.2) is 50.3 Å². The number of nitrogens with one attached hydrogen (secondary N) is 3. The van der Waals surface area contributed by atoms with Crippen molar-refractivity contribution in [2.24, 2.45) is 0 Å². The number of hydrogen-bond acceptors (Lipinski definition) is 5. The molecule has 0 radical (unpaired) electrons. The van der Waals surface area contributed by atoms with Crippen LogP contribution in [0.25, 0.3) is 0 Å². The van der Waals surface area contributed by atoms with Crippen molar-refractivity contribution in [2.45, 2.75) is 19.0 Å². The normalized spacial score (nSPS) is 11.8. The number of nitrogens with zero attached hydrogens (tertiary/aromatic N) is 2. The van der Waals surface area contributed by atoms with Crippen LogP contribution in [0, 0.1) is 0 Å². The van der Waals surface area contributed by atoms with Crippen LogP contribution < -0.4 is 10.6 Å². The number of urea groups is 1. The Bertz CT molecular complexity index is 384. The number of carbonyl (C=O) groups is 2. The number of carboxylic acids is 1. The summed E-state index contributed by atoms with van der Waals surface area (Å²) in [6.07, 6.45) is 3.59. The van der Waals surface area contributed by atoms with Gasteiger partial charge in [0.25, 0.3) is 0 Å². The summed E-state index contributed by atoms with van der Waals surface area (Å²) in [6.45, 7) is 0.167. The number of aromatic nitrogens is 3. The molecule has 0 saturated heterocycles. The van der Waals surface area contributed by atoms with Crippen molar-refractivity contribution in [2.75, 3.05) is 12.0 Å². The SMILES string of the molecule is CSCC[C@H](NC(=O)NCc1ncn[nH]1)C(=O)O. The highest BCUT2D eigenvalue weighted by atomic mass is 32.2. The lowest BCUT2D eigenvalue weighted by Gasteiger charge is -2.14. The van der Waals surface area contributed by atoms with Crippen molar-refractivity contribution in [1.82, 2.24) is 25.8 Å². The average Bonchev–Trinajstić information content (AvgIpc) is 2.84. The number of H-pyrrole nitrogens is 1. The van der Waals surface area contributed by atoms with Gasteiger partial charge < -0.3 is 15.7 Å². The fourth-order valence-electron chi connectivity index (χ4n) is 1.18. The summed E-state index contributed by atoms with van der Waals surface area (Å²) in [7, 11) is 0. The zero-order valence-electron chi connectivity index (χ0n) is 9.84. The number of aromatic amines is 1. The molecule has 0 aliphatic heterocycles. The first-order valence-corrected chi connectivity index (χ1v) is 6.63. The summed E-state index contributed by atoms with van der Waals surface area (Å²) in [5, 5.41) is 20.0. The molecule has 2 amide bonds. The first kappa shape index (κ1) is 14.3. The van der Waals surface area contributed by atoms with E-state index in [0.717, 1.165) is 0 Å². The zero-order chi connectivity index (χ0) is 13.4. The maximum Gasteiger partial charge on any atom is 0.326 e. The number of rotatable bonds is 7. The quantitative estimate of drug-likeness (QED) is 0.546. The van der Waals surface area contributed by atoms with Gasteiger partial charge in [0, 0.05) is 0 Å². The summed E-state index contributed by atoms with van der Waals surface area (Å²) in [6, 6.07) is -1.42. The van der Waals surface area contributed by atoms with E-state index in [1.54, 1.807) is 0 Å². The largest absolute Gasteiger partial charge is 0.480 e. The first-order valence-electron chi connectivity index (χ1n) is 5.24. The molecule has 1 aromatic heterocycles. The van der Waals surface area contributed by atoms with Crippen molar-refractivity contribution in [3.63, 3.8) is 0 Å². The Morgan fingerprint density at radius 3 is 2.94 bits per heavy atom. The van der Waals surface area contributed by atoms with Crippen molar-refractivity contribution in [3.8, 4) is 0 Å². The van der Waals surface area contributed by atoms with Crippen LogP contribution in [-0.2, 0) is 11.3 Å². The molecule has 0 fully saturated rings. The van der Waals surface area contributed by atoms with Gasteiger partial charge in [-0.05, 0) is 18.4 Å². The Morgan fingerprint density at radius 1 is 1.61 bits per heavy atom. The third kappa shape index (κ3) is 5.04. The van der Waals surface area contributed by atoms with Crippen LogP contribution >= 0.6 is 11.8 Å². The molecule has 0 unspecified atom stereocenters. The summed E-state index contributed by atoms with van der Waals surface area (Å²) < 4.78 is 0. The molecule has 0 spiro atoms. The Morgan fingerprint density at radius 2 is 2.39 bits per heavy atom. The predicted molar refractivity (Wildman–Crippen MR) is 66.2 cm³/mol. The van der Waals surface area contributed by atoms with Gasteiger partial charge in [0.1, 0.15) is 18.2 Å². The summed E-state index contributed by atoms with van der Waals surface area (Å²) in [5.41, 5.74) is 0. The molecule has 100 valence electrons. The molecule has 1 atom stereocenters. The topological polar surface area (TPSA) is 120 Å². The van der Waals surface area contributed by atoms with Gasteiger partial charge >= 0.3 is 12.0 Å². The molecule has 0 aromatic carbocycles. The Hall–Kier alpha value is -1.77. The minimum Gasteiger partial charge on any atom is -0.480 e. The second-order valence-corrected chi connectivity index (χ2v) is 4.42. The minimum absolute atomic E-state index is 0.167. The lowest BCUT2D eigenvalue weighted by atomic mass is 10.2. The lowest BCUT2D eigenvalue weighted by Crippen LogP contribution is -2.46. The first-order chi connectivity index (χ1) is 8.63. The van der Waals surface area contributed by atoms with E-state index < -0.39 is 18.0 Å². The number of thioether (sulfide) groups is 1. The Balaban J connectivity index is 2.34. The van der Waals surface area contributed by atoms with Crippen LogP contribution in [0.15, 0.2) is 6.33 Å². The fraction of sp³-hybridized carbons (Fsp3) is 0.556. The highest BCUT2D eigenvalue weighted by Crippen LogP contribution is 2.00. The van der Waals surface area contributed by atoms with Gasteiger partial charge in [-0.25, -0.2) is 14.6 Å². The fourth-order valence-corrected chi connectivity index (χ4v) is 1.65. The van der Waals surface area contributed by atoms with Gasteiger partial charge in [-0.1, -0.05) is 0 Å². The van der Waals surface area contributed by atoms with Crippen molar-refractivity contribution in [3.05, 3.63) is 12.2 Å². The molecular weight excluding hydrogens is 258 g/mol. The van der Waals surface area contributed by atoms with E-state index in [2.05, 4.69) is 25.8 Å². The van der Waals surface area contributed by atoms with Crippen LogP contribution in [0.5, 0.6) is 0 Å². The van der Waals surface area contributed by atoms with E-state index in [4.69, 9.17) is 5.11 Å². The third-order valence-corrected chi connectivity index (χ3v) is 2.74. The van der Waals surface area contributed by atoms with Gasteiger partial charge in [0.2, 0.25) is 0 Å². The molecule has 8 nitrogen and oxygen atoms in total. The van der Waals surface area contributed by atoms with E-state index in [-0.39, 0.29) is 6.54 Å². The van der Waals surface area contributed by atoms with Gasteiger partial charge in [-0.2, -0.15) is 16.9 Å². The molecule has 18 heavy (non-hydrogen) atoms. The van der Waals surface area contributed by atoms with Gasteiger partial charge in [-0.3, -0.25) is 5.10 Å². The van der Waals surface area contributed by atoms with E-state index in [9.17, 15) is 9.59 Å². The molecule has 1 heterocycles. The molecule has 4 N–H and O–H groups in total. The summed E-state index contributed by atoms with van der Waals surface area (Å²) in [5.74, 6) is 0.124. The maximum atomic E-state index is 11.5. The minimum atomic E-state index is -1.04. The van der Waals surface area contributed by atoms with E-state index in [0.29, 0.717) is 18.0 Å². The standard InChI is InChI=1S/C9H15N5O3S/c1-18-3-2-6(8(15)16)13-9(17)10-4-7-11-5-12-14-7/h5-6H,2-4H2,1H3,(H,15,16)(H2,10,13,17)(H,11,12,14)/t6-/m0/s1. The van der Waals surface area contributed by atoms with E-state index in [1.165, 1.54) is 18.1 Å². The van der Waals surface area contributed by atoms with E-state index >= 15 is 0 Å². The molecule has 0 aliphatic rings. The highest BCUT2D eigenvalue weighted by Gasteiger charge is 2.19. The third-order valence-electron chi connectivity index (χ3n) is 2.10. The Kier molecular flexibility index (Phi) is 5.98. The number of carbonyl (C=O) groups excluding carboxylic acids is 1. The van der Waals surface area contributed by atoms with Crippen LogP contribution in [0.4, 0.5) is 4.79 Å². The Labute approximate surface area is 108 Å². The monoisotopic (exact) mass is 273 g/mol. The molecule has 0 bridgehead atoms. The van der Waals surface area contributed by atoms with E-state index in [1.807, 2.05) is 6.26 Å². The van der Waals surface area contributed by atoms with Crippen LogP contribution in [0.2, 0.25) is 0 Å². The van der Waals surface area contributed by atoms with Crippen LogP contribution in [0.3, 0.4) is 0 Å². The number of carboxylic acid groups (broad SMARTS) is 1. The molecule has 1 rings (SSSR count). The van der Waals surface area contributed by atoms with Crippen molar-refractivity contribution in [1.29, 1.82) is 0 Å². The zero-order valence-corrected chi connectivity index (χ0v) is 10.7. The lowest BCUT2D eigenvalue weighted by molar-refractivity contribution is -0.139. The number of amides is 2. The number of hydrogen-bond donors (Lipinski definition) is 4. The second kappa shape index (κ2) is 7.54. The molecule has 1 aromatic rings. The summed E-state index contributed by atoms with van der Waals surface area (Å²) in [4.78, 5) is 26.2. The molecule has 9 heteroatoms. The van der Waals surface area contributed by atoms with Gasteiger partial charge in [0.15, 0.2) is 0 Å². The number of aliphatic carboxylic acids is 1. The van der Waals surface area contributed by atoms with Crippen molar-refractivity contribution < 1.29 is 14.7 Å². The molecule has 0 aliphatic carbocycles. The molecular formula is C9H15N5O3S. The predicted octanol–water partition coefficient (Wildman–Crippen LogP) is -0.190. The molecule has 0 saturated carbocycles.